The molecule has 1 aromatic heterocycles. The number of hydrogen-bond donors (Lipinski definition) is 1. The van der Waals surface area contributed by atoms with Crippen LogP contribution in [0.4, 0.5) is 5.82 Å². The maximum Gasteiger partial charge on any atom is 0.255 e. The van der Waals surface area contributed by atoms with Gasteiger partial charge in [-0.15, -0.1) is 0 Å². The Morgan fingerprint density at radius 2 is 2.14 bits per heavy atom. The van der Waals surface area contributed by atoms with E-state index in [1.165, 1.54) is 25.7 Å². The number of ether oxygens (including phenoxy) is 1. The van der Waals surface area contributed by atoms with Crippen LogP contribution in [0.2, 0.25) is 0 Å². The number of likely N-dealkylation sites (N-methyl/N-ethyl adjacent to an activating group) is 1. The van der Waals surface area contributed by atoms with Crippen molar-refractivity contribution >= 4 is 11.7 Å². The molecule has 6 heteroatoms. The first kappa shape index (κ1) is 14.5. The van der Waals surface area contributed by atoms with Crippen LogP contribution < -0.4 is 5.32 Å². The van der Waals surface area contributed by atoms with Crippen LogP contribution in [0.15, 0.2) is 6.07 Å². The van der Waals surface area contributed by atoms with E-state index in [0.717, 1.165) is 18.1 Å². The maximum atomic E-state index is 12.3. The summed E-state index contributed by atoms with van der Waals surface area (Å²) in [6, 6.07) is 2.01. The summed E-state index contributed by atoms with van der Waals surface area (Å²) < 4.78 is 7.31. The van der Waals surface area contributed by atoms with Crippen LogP contribution in [0.5, 0.6) is 0 Å². The molecule has 6 nitrogen and oxygen atoms in total. The Labute approximate surface area is 125 Å². The van der Waals surface area contributed by atoms with Crippen molar-refractivity contribution in [2.75, 3.05) is 32.1 Å². The van der Waals surface area contributed by atoms with E-state index in [1.54, 1.807) is 4.68 Å². The molecule has 1 N–H and O–H groups in total. The molecule has 1 aromatic rings. The largest absolute Gasteiger partial charge is 0.366 e. The van der Waals surface area contributed by atoms with Gasteiger partial charge in [-0.1, -0.05) is 12.8 Å². The summed E-state index contributed by atoms with van der Waals surface area (Å²) in [6.07, 6.45) is 4.59. The van der Waals surface area contributed by atoms with Gasteiger partial charge in [0, 0.05) is 32.1 Å². The molecule has 1 unspecified atom stereocenters. The van der Waals surface area contributed by atoms with Crippen molar-refractivity contribution in [3.8, 4) is 0 Å². The minimum absolute atomic E-state index is 0.0810. The second-order valence-corrected chi connectivity index (χ2v) is 6.17. The molecule has 1 saturated heterocycles. The van der Waals surface area contributed by atoms with Crippen molar-refractivity contribution in [1.29, 1.82) is 0 Å². The Morgan fingerprint density at radius 3 is 2.86 bits per heavy atom. The van der Waals surface area contributed by atoms with Crippen LogP contribution in [0.1, 0.15) is 37.3 Å². The zero-order valence-corrected chi connectivity index (χ0v) is 12.8. The molecule has 0 aromatic carbocycles. The standard InChI is InChI=1S/C15H24N4O2/c1-18-7-8-21-13(10-18)15(20)16-14-9-12(17-19(14)2)11-5-3-4-6-11/h9,11,13H,3-8,10H2,1-2H3,(H,16,20). The zero-order chi connectivity index (χ0) is 14.8. The van der Waals surface area contributed by atoms with E-state index >= 15 is 0 Å². The van der Waals surface area contributed by atoms with Gasteiger partial charge in [0.2, 0.25) is 0 Å². The average molecular weight is 292 g/mol. The summed E-state index contributed by atoms with van der Waals surface area (Å²) in [6.45, 7) is 2.12. The van der Waals surface area contributed by atoms with E-state index in [-0.39, 0.29) is 5.91 Å². The number of morpholine rings is 1. The Hall–Kier alpha value is -1.40. The number of aryl methyl sites for hydroxylation is 1. The highest BCUT2D eigenvalue weighted by Gasteiger charge is 2.26. The highest BCUT2D eigenvalue weighted by molar-refractivity contribution is 5.93. The van der Waals surface area contributed by atoms with Crippen LogP contribution in [0, 0.1) is 0 Å². The van der Waals surface area contributed by atoms with Crippen molar-refractivity contribution in [3.63, 3.8) is 0 Å². The fourth-order valence-corrected chi connectivity index (χ4v) is 3.17. The summed E-state index contributed by atoms with van der Waals surface area (Å²) in [4.78, 5) is 14.4. The number of carbonyl (C=O) groups is 1. The lowest BCUT2D eigenvalue weighted by Gasteiger charge is -2.28. The topological polar surface area (TPSA) is 59.4 Å². The van der Waals surface area contributed by atoms with Gasteiger partial charge >= 0.3 is 0 Å². The van der Waals surface area contributed by atoms with Crippen LogP contribution in [-0.4, -0.2) is 53.4 Å². The van der Waals surface area contributed by atoms with E-state index in [2.05, 4.69) is 15.3 Å². The Morgan fingerprint density at radius 1 is 1.38 bits per heavy atom. The van der Waals surface area contributed by atoms with Crippen molar-refractivity contribution in [2.45, 2.75) is 37.7 Å². The summed E-state index contributed by atoms with van der Waals surface area (Å²) in [7, 11) is 3.88. The third kappa shape index (κ3) is 3.27. The number of amides is 1. The molecule has 2 aliphatic rings. The zero-order valence-electron chi connectivity index (χ0n) is 12.8. The molecular weight excluding hydrogens is 268 g/mol. The smallest absolute Gasteiger partial charge is 0.255 e. The normalized spacial score (nSPS) is 24.4. The minimum Gasteiger partial charge on any atom is -0.366 e. The molecule has 1 saturated carbocycles. The minimum atomic E-state index is -0.395. The summed E-state index contributed by atoms with van der Waals surface area (Å²) >= 11 is 0. The predicted octanol–water partition coefficient (Wildman–Crippen LogP) is 1.35. The van der Waals surface area contributed by atoms with Gasteiger partial charge in [-0.2, -0.15) is 5.10 Å². The van der Waals surface area contributed by atoms with E-state index in [9.17, 15) is 4.79 Å². The number of aromatic nitrogens is 2. The molecule has 2 heterocycles. The Balaban J connectivity index is 1.65. The van der Waals surface area contributed by atoms with Gasteiger partial charge in [0.25, 0.3) is 5.91 Å². The highest BCUT2D eigenvalue weighted by Crippen LogP contribution is 2.34. The van der Waals surface area contributed by atoms with E-state index in [0.29, 0.717) is 19.1 Å². The number of nitrogens with zero attached hydrogens (tertiary/aromatic N) is 3. The molecule has 0 radical (unpaired) electrons. The molecule has 1 aliphatic heterocycles. The van der Waals surface area contributed by atoms with Gasteiger partial charge in [0.15, 0.2) is 0 Å². The lowest BCUT2D eigenvalue weighted by molar-refractivity contribution is -0.132. The predicted molar refractivity (Wildman–Crippen MR) is 80.3 cm³/mol. The molecule has 0 spiro atoms. The summed E-state index contributed by atoms with van der Waals surface area (Å²) in [5.41, 5.74) is 1.10. The van der Waals surface area contributed by atoms with Crippen molar-refractivity contribution in [3.05, 3.63) is 11.8 Å². The number of anilines is 1. The SMILES string of the molecule is CN1CCOC(C(=O)Nc2cc(C3CCCC3)nn2C)C1. The summed E-state index contributed by atoms with van der Waals surface area (Å²) in [5.74, 6) is 1.24. The first-order valence-corrected chi connectivity index (χ1v) is 7.78. The average Bonchev–Trinajstić information content (AvgIpc) is 3.09. The van der Waals surface area contributed by atoms with Crippen LogP contribution >= 0.6 is 0 Å². The van der Waals surface area contributed by atoms with Crippen molar-refractivity contribution < 1.29 is 9.53 Å². The van der Waals surface area contributed by atoms with Gasteiger partial charge in [-0.05, 0) is 19.9 Å². The van der Waals surface area contributed by atoms with E-state index < -0.39 is 6.10 Å². The molecule has 116 valence electrons. The molecule has 1 atom stereocenters. The lowest BCUT2D eigenvalue weighted by Crippen LogP contribution is -2.46. The van der Waals surface area contributed by atoms with Crippen molar-refractivity contribution in [2.24, 2.45) is 7.05 Å². The highest BCUT2D eigenvalue weighted by atomic mass is 16.5. The number of carbonyl (C=O) groups excluding carboxylic acids is 1. The molecular formula is C15H24N4O2. The van der Waals surface area contributed by atoms with Gasteiger partial charge in [0.05, 0.1) is 12.3 Å². The fourth-order valence-electron chi connectivity index (χ4n) is 3.17. The monoisotopic (exact) mass is 292 g/mol. The Kier molecular flexibility index (Phi) is 4.26. The van der Waals surface area contributed by atoms with Gasteiger partial charge in [0.1, 0.15) is 11.9 Å². The van der Waals surface area contributed by atoms with Crippen LogP contribution in [0.25, 0.3) is 0 Å². The maximum absolute atomic E-state index is 12.3. The molecule has 3 rings (SSSR count). The number of nitrogens with one attached hydrogen (secondary N) is 1. The van der Waals surface area contributed by atoms with Gasteiger partial charge in [-0.25, -0.2) is 0 Å². The third-order valence-electron chi connectivity index (χ3n) is 4.49. The van der Waals surface area contributed by atoms with E-state index in [1.807, 2.05) is 20.2 Å². The molecule has 1 amide bonds. The first-order valence-electron chi connectivity index (χ1n) is 7.78. The lowest BCUT2D eigenvalue weighted by atomic mass is 10.0. The molecule has 2 fully saturated rings. The second kappa shape index (κ2) is 6.15. The second-order valence-electron chi connectivity index (χ2n) is 6.17. The van der Waals surface area contributed by atoms with Crippen LogP contribution in [-0.2, 0) is 16.6 Å². The quantitative estimate of drug-likeness (QED) is 0.913. The fraction of sp³-hybridized carbons (Fsp3) is 0.733. The van der Waals surface area contributed by atoms with E-state index in [4.69, 9.17) is 4.74 Å². The first-order chi connectivity index (χ1) is 10.1. The van der Waals surface area contributed by atoms with Gasteiger partial charge in [-0.3, -0.25) is 9.48 Å². The molecule has 0 bridgehead atoms. The summed E-state index contributed by atoms with van der Waals surface area (Å²) in [5, 5.41) is 7.51. The molecule has 21 heavy (non-hydrogen) atoms. The Bertz CT molecular complexity index is 508. The van der Waals surface area contributed by atoms with Crippen molar-refractivity contribution in [1.82, 2.24) is 14.7 Å². The van der Waals surface area contributed by atoms with Gasteiger partial charge < -0.3 is 15.0 Å². The number of rotatable bonds is 3. The molecule has 1 aliphatic carbocycles. The van der Waals surface area contributed by atoms with Crippen LogP contribution in [0.3, 0.4) is 0 Å². The number of hydrogen-bond acceptors (Lipinski definition) is 4. The third-order valence-corrected chi connectivity index (χ3v) is 4.49.